The lowest BCUT2D eigenvalue weighted by molar-refractivity contribution is -0.143. The molecule has 0 saturated carbocycles. The normalized spacial score (nSPS) is 10.2. The fourth-order valence-electron chi connectivity index (χ4n) is 0.634. The van der Waals surface area contributed by atoms with Crippen LogP contribution in [0.1, 0.15) is 26.2 Å². The van der Waals surface area contributed by atoms with Gasteiger partial charge < -0.3 is 4.74 Å². The molecule has 0 rings (SSSR count). The Kier molecular flexibility index (Phi) is 7.38. The fourth-order valence-corrected chi connectivity index (χ4v) is 1.28. The van der Waals surface area contributed by atoms with Gasteiger partial charge in [-0.25, -0.2) is 0 Å². The highest BCUT2D eigenvalue weighted by Crippen LogP contribution is 2.15. The van der Waals surface area contributed by atoms with Crippen molar-refractivity contribution in [2.45, 2.75) is 29.9 Å². The maximum Gasteiger partial charge on any atom is 0.305 e. The maximum absolute atomic E-state index is 10.8. The standard InChI is InChI=1S/C7H12Br2O2/c1-2-11-7(10)5-3-4-6(8)9/h6H,2-5H2,1H3. The third-order valence-corrected chi connectivity index (χ3v) is 2.02. The molecule has 0 spiro atoms. The van der Waals surface area contributed by atoms with Gasteiger partial charge in [-0.1, -0.05) is 31.9 Å². The minimum atomic E-state index is -0.104. The first-order valence-electron chi connectivity index (χ1n) is 3.60. The molecule has 0 unspecified atom stereocenters. The van der Waals surface area contributed by atoms with Crippen LogP contribution >= 0.6 is 31.9 Å². The van der Waals surface area contributed by atoms with Gasteiger partial charge in [0.2, 0.25) is 0 Å². The molecular weight excluding hydrogens is 276 g/mol. The highest BCUT2D eigenvalue weighted by atomic mass is 79.9. The minimum absolute atomic E-state index is 0.104. The zero-order valence-electron chi connectivity index (χ0n) is 6.48. The summed E-state index contributed by atoms with van der Waals surface area (Å²) in [5.41, 5.74) is 0. The molecule has 0 amide bonds. The number of rotatable bonds is 5. The zero-order chi connectivity index (χ0) is 8.69. The van der Waals surface area contributed by atoms with Crippen LogP contribution in [0.25, 0.3) is 0 Å². The topological polar surface area (TPSA) is 26.3 Å². The molecule has 0 aromatic rings. The van der Waals surface area contributed by atoms with E-state index >= 15 is 0 Å². The average Bonchev–Trinajstić information content (AvgIpc) is 1.87. The number of hydrogen-bond donors (Lipinski definition) is 0. The summed E-state index contributed by atoms with van der Waals surface area (Å²) in [5.74, 6) is -0.104. The molecule has 0 saturated heterocycles. The predicted molar refractivity (Wildman–Crippen MR) is 52.1 cm³/mol. The van der Waals surface area contributed by atoms with Crippen LogP contribution in [0.2, 0.25) is 0 Å². The van der Waals surface area contributed by atoms with Gasteiger partial charge in [0.25, 0.3) is 0 Å². The van der Waals surface area contributed by atoms with Crippen molar-refractivity contribution in [2.24, 2.45) is 0 Å². The molecule has 0 radical (unpaired) electrons. The van der Waals surface area contributed by atoms with Crippen molar-refractivity contribution in [3.05, 3.63) is 0 Å². The number of carbonyl (C=O) groups is 1. The third kappa shape index (κ3) is 8.34. The smallest absolute Gasteiger partial charge is 0.305 e. The monoisotopic (exact) mass is 286 g/mol. The highest BCUT2D eigenvalue weighted by Gasteiger charge is 2.03. The first-order chi connectivity index (χ1) is 5.16. The van der Waals surface area contributed by atoms with Gasteiger partial charge in [0, 0.05) is 6.42 Å². The molecular formula is C7H12Br2O2. The molecule has 0 aliphatic carbocycles. The molecule has 0 N–H and O–H groups in total. The molecule has 11 heavy (non-hydrogen) atoms. The van der Waals surface area contributed by atoms with Crippen LogP contribution in [0.3, 0.4) is 0 Å². The number of esters is 1. The number of carbonyl (C=O) groups excluding carboxylic acids is 1. The van der Waals surface area contributed by atoms with Crippen LogP contribution < -0.4 is 0 Å². The molecule has 2 nitrogen and oxygen atoms in total. The van der Waals surface area contributed by atoms with Crippen molar-refractivity contribution in [1.82, 2.24) is 0 Å². The van der Waals surface area contributed by atoms with Crippen LogP contribution in [-0.4, -0.2) is 16.3 Å². The SMILES string of the molecule is CCOC(=O)CCCC(Br)Br. The van der Waals surface area contributed by atoms with E-state index in [4.69, 9.17) is 4.74 Å². The van der Waals surface area contributed by atoms with Gasteiger partial charge in [0.1, 0.15) is 0 Å². The van der Waals surface area contributed by atoms with E-state index in [1.165, 1.54) is 0 Å². The first kappa shape index (κ1) is 11.4. The van der Waals surface area contributed by atoms with E-state index in [1.54, 1.807) is 0 Å². The van der Waals surface area contributed by atoms with Crippen LogP contribution in [0.15, 0.2) is 0 Å². The molecule has 4 heteroatoms. The molecule has 0 bridgehead atoms. The highest BCUT2D eigenvalue weighted by molar-refractivity contribution is 9.24. The summed E-state index contributed by atoms with van der Waals surface area (Å²) < 4.78 is 5.06. The quantitative estimate of drug-likeness (QED) is 0.574. The number of ether oxygens (including phenoxy) is 1. The van der Waals surface area contributed by atoms with Gasteiger partial charge in [0.05, 0.1) is 10.3 Å². The summed E-state index contributed by atoms with van der Waals surface area (Å²) in [6.45, 7) is 2.29. The predicted octanol–water partition coefficient (Wildman–Crippen LogP) is 2.84. The molecule has 0 fully saturated rings. The molecule has 0 aliphatic heterocycles. The summed E-state index contributed by atoms with van der Waals surface area (Å²) in [4.78, 5) is 10.8. The second-order valence-corrected chi connectivity index (χ2v) is 5.53. The second kappa shape index (κ2) is 7.10. The van der Waals surface area contributed by atoms with Crippen molar-refractivity contribution >= 4 is 37.8 Å². The van der Waals surface area contributed by atoms with Gasteiger partial charge in [-0.2, -0.15) is 0 Å². The Hall–Kier alpha value is 0.430. The number of halogens is 2. The van der Waals surface area contributed by atoms with Gasteiger partial charge in [-0.3, -0.25) is 4.79 Å². The Morgan fingerprint density at radius 3 is 2.64 bits per heavy atom. The van der Waals surface area contributed by atoms with Crippen LogP contribution in [0.4, 0.5) is 0 Å². The van der Waals surface area contributed by atoms with E-state index in [1.807, 2.05) is 6.92 Å². The van der Waals surface area contributed by atoms with Gasteiger partial charge in [-0.15, -0.1) is 0 Å². The van der Waals surface area contributed by atoms with Crippen LogP contribution in [0, 0.1) is 0 Å². The lowest BCUT2D eigenvalue weighted by Crippen LogP contribution is -2.03. The Morgan fingerprint density at radius 1 is 1.55 bits per heavy atom. The van der Waals surface area contributed by atoms with E-state index in [0.717, 1.165) is 12.8 Å². The van der Waals surface area contributed by atoms with E-state index in [-0.39, 0.29) is 5.97 Å². The second-order valence-electron chi connectivity index (χ2n) is 2.09. The van der Waals surface area contributed by atoms with Crippen LogP contribution in [-0.2, 0) is 9.53 Å². The first-order valence-corrected chi connectivity index (χ1v) is 5.43. The fraction of sp³-hybridized carbons (Fsp3) is 0.857. The van der Waals surface area contributed by atoms with Gasteiger partial charge in [-0.05, 0) is 19.8 Å². The van der Waals surface area contributed by atoms with Gasteiger partial charge in [0.15, 0.2) is 0 Å². The van der Waals surface area contributed by atoms with Crippen molar-refractivity contribution in [2.75, 3.05) is 6.61 Å². The van der Waals surface area contributed by atoms with Crippen molar-refractivity contribution in [3.63, 3.8) is 0 Å². The van der Waals surface area contributed by atoms with E-state index in [0.29, 0.717) is 16.8 Å². The zero-order valence-corrected chi connectivity index (χ0v) is 9.65. The molecule has 0 atom stereocenters. The van der Waals surface area contributed by atoms with E-state index in [9.17, 15) is 4.79 Å². The molecule has 0 aromatic carbocycles. The summed E-state index contributed by atoms with van der Waals surface area (Å²) in [6, 6.07) is 0. The average molecular weight is 288 g/mol. The summed E-state index contributed by atoms with van der Waals surface area (Å²) in [7, 11) is 0. The van der Waals surface area contributed by atoms with Crippen molar-refractivity contribution in [1.29, 1.82) is 0 Å². The molecule has 66 valence electrons. The van der Waals surface area contributed by atoms with Crippen molar-refractivity contribution < 1.29 is 9.53 Å². The Morgan fingerprint density at radius 2 is 2.18 bits per heavy atom. The number of hydrogen-bond acceptors (Lipinski definition) is 2. The van der Waals surface area contributed by atoms with E-state index < -0.39 is 0 Å². The summed E-state index contributed by atoms with van der Waals surface area (Å²) in [6.07, 6.45) is 2.32. The van der Waals surface area contributed by atoms with Gasteiger partial charge >= 0.3 is 5.97 Å². The third-order valence-electron chi connectivity index (χ3n) is 1.11. The number of alkyl halides is 2. The Labute approximate surface area is 83.9 Å². The maximum atomic E-state index is 10.8. The summed E-state index contributed by atoms with van der Waals surface area (Å²) >= 11 is 6.66. The summed E-state index contributed by atoms with van der Waals surface area (Å²) in [5, 5.41) is 0. The minimum Gasteiger partial charge on any atom is -0.466 e. The molecule has 0 aliphatic rings. The van der Waals surface area contributed by atoms with Crippen LogP contribution in [0.5, 0.6) is 0 Å². The lowest BCUT2D eigenvalue weighted by atomic mass is 10.2. The Balaban J connectivity index is 3.17. The lowest BCUT2D eigenvalue weighted by Gasteiger charge is -2.01. The largest absolute Gasteiger partial charge is 0.466 e. The molecule has 0 heterocycles. The van der Waals surface area contributed by atoms with Crippen molar-refractivity contribution in [3.8, 4) is 0 Å². The van der Waals surface area contributed by atoms with E-state index in [2.05, 4.69) is 31.9 Å². The Bertz CT molecular complexity index is 115. The molecule has 0 aromatic heterocycles.